The molecule has 0 amide bonds. The highest BCUT2D eigenvalue weighted by molar-refractivity contribution is 5.01. The Bertz CT molecular complexity index is 88.7. The van der Waals surface area contributed by atoms with Gasteiger partial charge in [-0.3, -0.25) is 0 Å². The normalized spacial score (nSPS) is 36.7. The molecule has 2 rings (SSSR count). The first-order chi connectivity index (χ1) is 4.47. The van der Waals surface area contributed by atoms with Crippen molar-refractivity contribution in [1.29, 1.82) is 0 Å². The number of hydrogen-bond acceptors (Lipinski definition) is 1. The van der Waals surface area contributed by atoms with Crippen LogP contribution in [-0.2, 0) is 0 Å². The Morgan fingerprint density at radius 2 is 2.22 bits per heavy atom. The summed E-state index contributed by atoms with van der Waals surface area (Å²) >= 11 is 0. The van der Waals surface area contributed by atoms with Crippen LogP contribution in [0.15, 0.2) is 0 Å². The van der Waals surface area contributed by atoms with E-state index < -0.39 is 0 Å². The Labute approximate surface area is 56.8 Å². The van der Waals surface area contributed by atoms with Gasteiger partial charge in [-0.05, 0) is 31.7 Å². The summed E-state index contributed by atoms with van der Waals surface area (Å²) in [4.78, 5) is 0. The van der Waals surface area contributed by atoms with Crippen molar-refractivity contribution in [2.24, 2.45) is 5.92 Å². The molecule has 0 aromatic rings. The number of fused-ring (bicyclic) bond motifs is 1. The lowest BCUT2D eigenvalue weighted by Gasteiger charge is -2.23. The highest BCUT2D eigenvalue weighted by atomic mass is 15.0. The Kier molecular flexibility index (Phi) is 1.46. The van der Waals surface area contributed by atoms with Gasteiger partial charge in [0, 0.05) is 6.04 Å². The third-order valence-corrected chi connectivity index (χ3v) is 2.59. The molecule has 51 valence electrons. The second-order valence-corrected chi connectivity index (χ2v) is 3.18. The number of hydrogen-bond donors (Lipinski definition) is 1. The van der Waals surface area contributed by atoms with E-state index in [1.54, 1.807) is 6.04 Å². The Hall–Kier alpha value is -0.0400. The molecule has 1 radical (unpaired) electrons. The van der Waals surface area contributed by atoms with Crippen LogP contribution in [0.5, 0.6) is 0 Å². The van der Waals surface area contributed by atoms with Crippen LogP contribution in [0, 0.1) is 12.0 Å². The van der Waals surface area contributed by atoms with Gasteiger partial charge in [0.15, 0.2) is 0 Å². The van der Waals surface area contributed by atoms with E-state index in [1.165, 1.54) is 38.6 Å². The van der Waals surface area contributed by atoms with Crippen LogP contribution in [0.4, 0.5) is 0 Å². The van der Waals surface area contributed by atoms with E-state index in [0.717, 1.165) is 5.92 Å². The summed E-state index contributed by atoms with van der Waals surface area (Å²) in [6.07, 6.45) is 7.14. The third kappa shape index (κ3) is 0.983. The average molecular weight is 124 g/mol. The molecule has 0 aromatic carbocycles. The molecule has 9 heavy (non-hydrogen) atoms. The standard InChI is InChI=1S/C8H14N/c1-2-4-8-7(3-1)5-6-9-8/h7,9H,1-6H2. The lowest BCUT2D eigenvalue weighted by atomic mass is 9.86. The molecule has 0 aromatic heterocycles. The van der Waals surface area contributed by atoms with Gasteiger partial charge in [0.05, 0.1) is 0 Å². The fourth-order valence-electron chi connectivity index (χ4n) is 2.04. The van der Waals surface area contributed by atoms with Crippen molar-refractivity contribution in [3.63, 3.8) is 0 Å². The summed E-state index contributed by atoms with van der Waals surface area (Å²) in [5, 5.41) is 3.48. The SMILES string of the molecule is C1CCC2CCN[C]2C1. The predicted molar refractivity (Wildman–Crippen MR) is 37.8 cm³/mol. The Balaban J connectivity index is 1.97. The van der Waals surface area contributed by atoms with Gasteiger partial charge >= 0.3 is 0 Å². The van der Waals surface area contributed by atoms with Crippen molar-refractivity contribution in [3.8, 4) is 0 Å². The summed E-state index contributed by atoms with van der Waals surface area (Å²) in [7, 11) is 0. The molecule has 0 bridgehead atoms. The molecule has 1 aliphatic carbocycles. The first kappa shape index (κ1) is 5.72. The van der Waals surface area contributed by atoms with Gasteiger partial charge in [0.2, 0.25) is 0 Å². The van der Waals surface area contributed by atoms with Crippen molar-refractivity contribution in [3.05, 3.63) is 6.04 Å². The Morgan fingerprint density at radius 3 is 3.11 bits per heavy atom. The third-order valence-electron chi connectivity index (χ3n) is 2.59. The second kappa shape index (κ2) is 2.30. The molecule has 2 fully saturated rings. The molecule has 1 aliphatic heterocycles. The summed E-state index contributed by atoms with van der Waals surface area (Å²) in [6.45, 7) is 1.25. The van der Waals surface area contributed by atoms with Crippen LogP contribution in [0.1, 0.15) is 32.1 Å². The Morgan fingerprint density at radius 1 is 1.22 bits per heavy atom. The first-order valence-electron chi connectivity index (χ1n) is 4.06. The molecule has 0 spiro atoms. The minimum absolute atomic E-state index is 0.971. The summed E-state index contributed by atoms with van der Waals surface area (Å²) in [6, 6.07) is 1.67. The van der Waals surface area contributed by atoms with Crippen LogP contribution < -0.4 is 5.32 Å². The van der Waals surface area contributed by atoms with Gasteiger partial charge in [0.25, 0.3) is 0 Å². The summed E-state index contributed by atoms with van der Waals surface area (Å²) in [5.41, 5.74) is 0. The maximum Gasteiger partial charge on any atom is 0.0395 e. The van der Waals surface area contributed by atoms with Crippen LogP contribution in [0.3, 0.4) is 0 Å². The molecule has 1 saturated heterocycles. The maximum absolute atomic E-state index is 3.48. The summed E-state index contributed by atoms with van der Waals surface area (Å²) in [5.74, 6) is 0.971. The molecule has 1 unspecified atom stereocenters. The van der Waals surface area contributed by atoms with E-state index in [0.29, 0.717) is 0 Å². The van der Waals surface area contributed by atoms with Gasteiger partial charge in [-0.1, -0.05) is 12.8 Å². The molecule has 1 nitrogen and oxygen atoms in total. The lowest BCUT2D eigenvalue weighted by molar-refractivity contribution is 0.411. The average Bonchev–Trinajstić information content (AvgIpc) is 2.33. The largest absolute Gasteiger partial charge is 0.309 e. The maximum atomic E-state index is 3.48. The molecular weight excluding hydrogens is 110 g/mol. The molecule has 2 aliphatic rings. The molecule has 1 atom stereocenters. The van der Waals surface area contributed by atoms with Gasteiger partial charge < -0.3 is 5.32 Å². The topological polar surface area (TPSA) is 12.0 Å². The zero-order chi connectivity index (χ0) is 6.10. The van der Waals surface area contributed by atoms with E-state index in [1.807, 2.05) is 0 Å². The zero-order valence-corrected chi connectivity index (χ0v) is 5.82. The molecule has 1 heterocycles. The zero-order valence-electron chi connectivity index (χ0n) is 5.82. The van der Waals surface area contributed by atoms with E-state index in [-0.39, 0.29) is 0 Å². The highest BCUT2D eigenvalue weighted by Crippen LogP contribution is 2.35. The quantitative estimate of drug-likeness (QED) is 0.518. The fraction of sp³-hybridized carbons (Fsp3) is 0.875. The first-order valence-corrected chi connectivity index (χ1v) is 4.06. The lowest BCUT2D eigenvalue weighted by Crippen LogP contribution is -2.20. The molecular formula is C8H14N. The number of nitrogens with one attached hydrogen (secondary N) is 1. The molecule has 1 N–H and O–H groups in total. The van der Waals surface area contributed by atoms with E-state index in [9.17, 15) is 0 Å². The van der Waals surface area contributed by atoms with E-state index in [2.05, 4.69) is 5.32 Å². The van der Waals surface area contributed by atoms with Gasteiger partial charge in [-0.15, -0.1) is 0 Å². The van der Waals surface area contributed by atoms with Crippen molar-refractivity contribution in [2.45, 2.75) is 32.1 Å². The van der Waals surface area contributed by atoms with Crippen molar-refractivity contribution >= 4 is 0 Å². The van der Waals surface area contributed by atoms with Gasteiger partial charge in [0.1, 0.15) is 0 Å². The van der Waals surface area contributed by atoms with Crippen molar-refractivity contribution in [1.82, 2.24) is 5.32 Å². The second-order valence-electron chi connectivity index (χ2n) is 3.18. The highest BCUT2D eigenvalue weighted by Gasteiger charge is 2.29. The number of rotatable bonds is 0. The predicted octanol–water partition coefficient (Wildman–Crippen LogP) is 1.70. The fourth-order valence-corrected chi connectivity index (χ4v) is 2.04. The minimum atomic E-state index is 0.971. The van der Waals surface area contributed by atoms with Gasteiger partial charge in [-0.2, -0.15) is 0 Å². The van der Waals surface area contributed by atoms with Crippen molar-refractivity contribution < 1.29 is 0 Å². The van der Waals surface area contributed by atoms with Crippen LogP contribution >= 0.6 is 0 Å². The molecule has 1 saturated carbocycles. The summed E-state index contributed by atoms with van der Waals surface area (Å²) < 4.78 is 0. The monoisotopic (exact) mass is 124 g/mol. The van der Waals surface area contributed by atoms with E-state index in [4.69, 9.17) is 0 Å². The van der Waals surface area contributed by atoms with Crippen molar-refractivity contribution in [2.75, 3.05) is 6.54 Å². The molecule has 1 heteroatoms. The van der Waals surface area contributed by atoms with E-state index >= 15 is 0 Å². The smallest absolute Gasteiger partial charge is 0.0395 e. The van der Waals surface area contributed by atoms with Crippen LogP contribution in [0.25, 0.3) is 0 Å². The van der Waals surface area contributed by atoms with Crippen LogP contribution in [0.2, 0.25) is 0 Å². The minimum Gasteiger partial charge on any atom is -0.309 e. The van der Waals surface area contributed by atoms with Gasteiger partial charge in [-0.25, -0.2) is 0 Å². The van der Waals surface area contributed by atoms with Crippen LogP contribution in [-0.4, -0.2) is 6.54 Å².